The van der Waals surface area contributed by atoms with Gasteiger partial charge in [-0.1, -0.05) is 46.3 Å². The highest BCUT2D eigenvalue weighted by Gasteiger charge is 2.31. The molecule has 0 saturated carbocycles. The zero-order chi connectivity index (χ0) is 23.2. The van der Waals surface area contributed by atoms with Crippen molar-refractivity contribution in [2.75, 3.05) is 43.6 Å². The maximum Gasteiger partial charge on any atom is 0.328 e. The minimum atomic E-state index is -0.738. The smallest absolute Gasteiger partial charge is 0.328 e. The zero-order valence-corrected chi connectivity index (χ0v) is 20.2. The number of para-hydroxylation sites is 1. The van der Waals surface area contributed by atoms with Gasteiger partial charge in [0.1, 0.15) is 6.04 Å². The molecule has 1 amide bonds. The number of halogens is 1. The van der Waals surface area contributed by atoms with E-state index in [9.17, 15) is 9.59 Å². The molecule has 0 unspecified atom stereocenters. The molecule has 4 rings (SSSR count). The number of benzene rings is 2. The molecule has 1 aliphatic heterocycles. The molecule has 8 heteroatoms. The number of alkyl halides is 1. The second-order valence-corrected chi connectivity index (χ2v) is 8.58. The van der Waals surface area contributed by atoms with Crippen molar-refractivity contribution in [1.82, 2.24) is 9.88 Å². The van der Waals surface area contributed by atoms with Crippen LogP contribution in [0.4, 0.5) is 5.69 Å². The van der Waals surface area contributed by atoms with Crippen molar-refractivity contribution in [1.29, 1.82) is 0 Å². The molecule has 0 aliphatic carbocycles. The highest BCUT2D eigenvalue weighted by molar-refractivity contribution is 9.09. The monoisotopic (exact) mass is 513 g/mol. The molecule has 1 aliphatic rings. The maximum absolute atomic E-state index is 12.9. The standard InChI is InChI=1S/C25H28BrN3O4/c1-32-25(31)23(14-19-16-27-22-5-3-2-4-21(19)22)29(24(30)15-26)17-18-6-8-20(9-7-18)28-10-12-33-13-11-28/h2-9,16,23,27H,10-15,17H2,1H3/t23-/m1/s1. The highest BCUT2D eigenvalue weighted by atomic mass is 79.9. The van der Waals surface area contributed by atoms with Crippen LogP contribution in [-0.2, 0) is 32.0 Å². The number of hydrogen-bond donors (Lipinski definition) is 1. The number of H-pyrrole nitrogens is 1. The number of ether oxygens (including phenoxy) is 2. The number of methoxy groups -OCH3 is 1. The summed E-state index contributed by atoms with van der Waals surface area (Å²) in [6.07, 6.45) is 2.26. The number of morpholine rings is 1. The van der Waals surface area contributed by atoms with E-state index < -0.39 is 12.0 Å². The van der Waals surface area contributed by atoms with Crippen LogP contribution in [0.5, 0.6) is 0 Å². The number of anilines is 1. The fourth-order valence-electron chi connectivity index (χ4n) is 4.24. The lowest BCUT2D eigenvalue weighted by Crippen LogP contribution is -2.47. The molecule has 1 N–H and O–H groups in total. The molecule has 0 spiro atoms. The molecule has 1 atom stereocenters. The summed E-state index contributed by atoms with van der Waals surface area (Å²) in [5.74, 6) is -0.595. The van der Waals surface area contributed by atoms with Gasteiger partial charge >= 0.3 is 5.97 Å². The summed E-state index contributed by atoms with van der Waals surface area (Å²) >= 11 is 3.28. The van der Waals surface area contributed by atoms with Gasteiger partial charge in [0.25, 0.3) is 0 Å². The molecule has 1 aromatic heterocycles. The summed E-state index contributed by atoms with van der Waals surface area (Å²) in [7, 11) is 1.36. The van der Waals surface area contributed by atoms with Gasteiger partial charge in [0.05, 0.1) is 25.7 Å². The summed E-state index contributed by atoms with van der Waals surface area (Å²) in [6, 6.07) is 15.3. The van der Waals surface area contributed by atoms with Crippen LogP contribution in [0.3, 0.4) is 0 Å². The lowest BCUT2D eigenvalue weighted by atomic mass is 10.0. The Morgan fingerprint density at radius 1 is 1.15 bits per heavy atom. The van der Waals surface area contributed by atoms with E-state index in [1.807, 2.05) is 42.6 Å². The normalized spacial score (nSPS) is 14.8. The van der Waals surface area contributed by atoms with Gasteiger partial charge in [-0.05, 0) is 29.3 Å². The minimum absolute atomic E-state index is 0.125. The van der Waals surface area contributed by atoms with E-state index in [2.05, 4.69) is 37.9 Å². The number of fused-ring (bicyclic) bond motifs is 1. The Morgan fingerprint density at radius 3 is 2.58 bits per heavy atom. The van der Waals surface area contributed by atoms with E-state index in [0.717, 1.165) is 54.0 Å². The summed E-state index contributed by atoms with van der Waals surface area (Å²) in [5, 5.41) is 1.16. The van der Waals surface area contributed by atoms with Crippen LogP contribution in [0, 0.1) is 0 Å². The second kappa shape index (κ2) is 10.9. The molecule has 0 radical (unpaired) electrons. The van der Waals surface area contributed by atoms with Crippen molar-refractivity contribution < 1.29 is 19.1 Å². The predicted molar refractivity (Wildman–Crippen MR) is 132 cm³/mol. The largest absolute Gasteiger partial charge is 0.467 e. The van der Waals surface area contributed by atoms with E-state index >= 15 is 0 Å². The van der Waals surface area contributed by atoms with Crippen LogP contribution >= 0.6 is 15.9 Å². The van der Waals surface area contributed by atoms with Gasteiger partial charge in [-0.2, -0.15) is 0 Å². The van der Waals surface area contributed by atoms with E-state index in [1.54, 1.807) is 4.90 Å². The Labute approximate surface area is 201 Å². The number of carbonyl (C=O) groups excluding carboxylic acids is 2. The highest BCUT2D eigenvalue weighted by Crippen LogP contribution is 2.23. The van der Waals surface area contributed by atoms with Crippen LogP contribution in [0.2, 0.25) is 0 Å². The number of aromatic nitrogens is 1. The van der Waals surface area contributed by atoms with E-state index in [4.69, 9.17) is 9.47 Å². The third-order valence-corrected chi connectivity index (χ3v) is 6.52. The summed E-state index contributed by atoms with van der Waals surface area (Å²) in [6.45, 7) is 3.50. The van der Waals surface area contributed by atoms with Crippen LogP contribution in [0.25, 0.3) is 10.9 Å². The first-order valence-corrected chi connectivity index (χ1v) is 12.1. The minimum Gasteiger partial charge on any atom is -0.467 e. The average molecular weight is 514 g/mol. The first-order valence-electron chi connectivity index (χ1n) is 11.0. The first kappa shape index (κ1) is 23.3. The molecule has 1 fully saturated rings. The van der Waals surface area contributed by atoms with Gasteiger partial charge in [-0.25, -0.2) is 4.79 Å². The topological polar surface area (TPSA) is 74.9 Å². The van der Waals surface area contributed by atoms with Crippen molar-refractivity contribution in [3.05, 3.63) is 65.9 Å². The molecule has 33 heavy (non-hydrogen) atoms. The molecular formula is C25H28BrN3O4. The molecular weight excluding hydrogens is 486 g/mol. The maximum atomic E-state index is 12.9. The van der Waals surface area contributed by atoms with Gasteiger partial charge < -0.3 is 24.3 Å². The second-order valence-electron chi connectivity index (χ2n) is 8.02. The summed E-state index contributed by atoms with van der Waals surface area (Å²) in [5.41, 5.74) is 4.04. The number of aromatic amines is 1. The molecule has 3 aromatic rings. The third kappa shape index (κ3) is 5.39. The van der Waals surface area contributed by atoms with Crippen LogP contribution in [0.15, 0.2) is 54.7 Å². The van der Waals surface area contributed by atoms with E-state index in [0.29, 0.717) is 13.0 Å². The Balaban J connectivity index is 1.58. The number of nitrogens with one attached hydrogen (secondary N) is 1. The number of nitrogens with zero attached hydrogens (tertiary/aromatic N) is 2. The van der Waals surface area contributed by atoms with E-state index in [-0.39, 0.29) is 11.2 Å². The fourth-order valence-corrected chi connectivity index (χ4v) is 4.57. The Bertz CT molecular complexity index is 1090. The molecule has 2 heterocycles. The summed E-state index contributed by atoms with van der Waals surface area (Å²) in [4.78, 5) is 32.9. The van der Waals surface area contributed by atoms with Gasteiger partial charge in [-0.15, -0.1) is 0 Å². The van der Waals surface area contributed by atoms with Crippen LogP contribution in [-0.4, -0.2) is 66.5 Å². The van der Waals surface area contributed by atoms with Crippen LogP contribution in [0.1, 0.15) is 11.1 Å². The van der Waals surface area contributed by atoms with Crippen LogP contribution < -0.4 is 4.90 Å². The Morgan fingerprint density at radius 2 is 1.88 bits per heavy atom. The number of carbonyl (C=O) groups is 2. The lowest BCUT2D eigenvalue weighted by molar-refractivity contribution is -0.152. The van der Waals surface area contributed by atoms with E-state index in [1.165, 1.54) is 7.11 Å². The lowest BCUT2D eigenvalue weighted by Gasteiger charge is -2.31. The molecule has 2 aromatic carbocycles. The quantitative estimate of drug-likeness (QED) is 0.368. The number of hydrogen-bond acceptors (Lipinski definition) is 5. The Hall–Kier alpha value is -2.84. The van der Waals surface area contributed by atoms with Crippen molar-refractivity contribution in [2.45, 2.75) is 19.0 Å². The van der Waals surface area contributed by atoms with Gasteiger partial charge in [0.2, 0.25) is 5.91 Å². The SMILES string of the molecule is COC(=O)[C@@H](Cc1c[nH]c2ccccc12)N(Cc1ccc(N2CCOCC2)cc1)C(=O)CBr. The van der Waals surface area contributed by atoms with Crippen molar-refractivity contribution in [2.24, 2.45) is 0 Å². The van der Waals surface area contributed by atoms with Crippen molar-refractivity contribution in [3.8, 4) is 0 Å². The number of amides is 1. The van der Waals surface area contributed by atoms with Gasteiger partial charge in [0.15, 0.2) is 0 Å². The third-order valence-electron chi connectivity index (χ3n) is 6.04. The molecule has 1 saturated heterocycles. The van der Waals surface area contributed by atoms with Gasteiger partial charge in [0, 0.05) is 48.8 Å². The number of esters is 1. The average Bonchev–Trinajstić information content (AvgIpc) is 3.29. The zero-order valence-electron chi connectivity index (χ0n) is 18.6. The van der Waals surface area contributed by atoms with Crippen molar-refractivity contribution in [3.63, 3.8) is 0 Å². The van der Waals surface area contributed by atoms with Gasteiger partial charge in [-0.3, -0.25) is 4.79 Å². The molecule has 7 nitrogen and oxygen atoms in total. The van der Waals surface area contributed by atoms with Crippen molar-refractivity contribution >= 4 is 44.4 Å². The number of rotatable bonds is 8. The summed E-state index contributed by atoms with van der Waals surface area (Å²) < 4.78 is 10.5. The molecule has 0 bridgehead atoms. The first-order chi connectivity index (χ1) is 16.1. The molecule has 174 valence electrons. The predicted octanol–water partition coefficient (Wildman–Crippen LogP) is 3.51. The fraction of sp³-hybridized carbons (Fsp3) is 0.360. The Kier molecular flexibility index (Phi) is 7.67.